The number of nitriles is 1. The smallest absolute Gasteiger partial charge is 0.261 e. The second-order valence-corrected chi connectivity index (χ2v) is 7.21. The van der Waals surface area contributed by atoms with Crippen molar-refractivity contribution in [2.75, 3.05) is 6.61 Å². The van der Waals surface area contributed by atoms with Crippen molar-refractivity contribution in [3.63, 3.8) is 0 Å². The van der Waals surface area contributed by atoms with Crippen LogP contribution in [0.5, 0.6) is 5.88 Å². The molecule has 2 rings (SSSR count). The highest BCUT2D eigenvalue weighted by Gasteiger charge is 2.13. The van der Waals surface area contributed by atoms with E-state index >= 15 is 0 Å². The number of nitrogens with zero attached hydrogens (tertiary/aromatic N) is 2. The van der Waals surface area contributed by atoms with Crippen LogP contribution < -0.4 is 16.0 Å². The summed E-state index contributed by atoms with van der Waals surface area (Å²) in [6.45, 7) is 6.29. The van der Waals surface area contributed by atoms with Gasteiger partial charge in [0.15, 0.2) is 0 Å². The maximum absolute atomic E-state index is 12.8. The van der Waals surface area contributed by atoms with E-state index in [-0.39, 0.29) is 28.8 Å². The van der Waals surface area contributed by atoms with Gasteiger partial charge in [-0.25, -0.2) is 0 Å². The van der Waals surface area contributed by atoms with Gasteiger partial charge in [-0.2, -0.15) is 5.26 Å². The van der Waals surface area contributed by atoms with Crippen LogP contribution in [0.25, 0.3) is 12.7 Å². The van der Waals surface area contributed by atoms with Gasteiger partial charge in [0.05, 0.1) is 0 Å². The predicted octanol–water partition coefficient (Wildman–Crippen LogP) is 1.59. The van der Waals surface area contributed by atoms with Crippen molar-refractivity contribution in [3.8, 4) is 11.9 Å². The Labute approximate surface area is 150 Å². The number of aromatic nitrogens is 1. The van der Waals surface area contributed by atoms with E-state index in [1.807, 2.05) is 25.1 Å². The molecule has 0 saturated carbocycles. The number of aromatic hydroxyl groups is 1. The first-order valence-corrected chi connectivity index (χ1v) is 9.05. The molecule has 0 aliphatic carbocycles. The lowest BCUT2D eigenvalue weighted by molar-refractivity contribution is 0.281. The van der Waals surface area contributed by atoms with E-state index in [1.54, 1.807) is 17.4 Å². The molecule has 25 heavy (non-hydrogen) atoms. The maximum Gasteiger partial charge on any atom is 0.261 e. The van der Waals surface area contributed by atoms with Crippen LogP contribution in [0.3, 0.4) is 0 Å². The van der Waals surface area contributed by atoms with Crippen molar-refractivity contribution in [1.29, 1.82) is 5.26 Å². The largest absolute Gasteiger partial charge is 0.493 e. The van der Waals surface area contributed by atoms with Crippen LogP contribution in [-0.2, 0) is 6.54 Å². The van der Waals surface area contributed by atoms with Gasteiger partial charge < -0.3 is 10.2 Å². The lowest BCUT2D eigenvalue weighted by Gasteiger charge is -2.10. The Balaban J connectivity index is 2.48. The van der Waals surface area contributed by atoms with Gasteiger partial charge in [-0.3, -0.25) is 9.36 Å². The molecule has 0 unspecified atom stereocenters. The van der Waals surface area contributed by atoms with Gasteiger partial charge in [-0.05, 0) is 38.0 Å². The molecule has 132 valence electrons. The van der Waals surface area contributed by atoms with E-state index in [4.69, 9.17) is 5.11 Å². The van der Waals surface area contributed by atoms with E-state index in [0.29, 0.717) is 18.2 Å². The minimum Gasteiger partial charge on any atom is -0.493 e. The molecule has 0 radical (unpaired) electrons. The van der Waals surface area contributed by atoms with Crippen LogP contribution >= 0.6 is 11.3 Å². The number of pyridine rings is 1. The quantitative estimate of drug-likeness (QED) is 0.736. The number of hydrogen-bond donors (Lipinski definition) is 2. The molecule has 0 amide bonds. The summed E-state index contributed by atoms with van der Waals surface area (Å²) in [4.78, 5) is 14.8. The summed E-state index contributed by atoms with van der Waals surface area (Å²) in [5.41, 5.74) is -0.302. The fourth-order valence-electron chi connectivity index (χ4n) is 2.66. The zero-order valence-electron chi connectivity index (χ0n) is 14.3. The molecule has 0 saturated heterocycles. The van der Waals surface area contributed by atoms with Gasteiger partial charge in [-0.1, -0.05) is 19.4 Å². The molecule has 5 nitrogen and oxygen atoms in total. The molecule has 0 aliphatic rings. The number of rotatable bonds is 7. The fraction of sp³-hybridized carbons (Fsp3) is 0.368. The lowest BCUT2D eigenvalue weighted by Crippen LogP contribution is -2.46. The van der Waals surface area contributed by atoms with E-state index < -0.39 is 0 Å². The van der Waals surface area contributed by atoms with Crippen molar-refractivity contribution in [3.05, 3.63) is 48.2 Å². The van der Waals surface area contributed by atoms with Gasteiger partial charge in [-0.15, -0.1) is 11.3 Å². The molecule has 2 heterocycles. The standard InChI is InChI=1S/C19H22N2O3S/c1-13-7-8-15(25-13)11-16-14(2)17(12-20)19(24)21(18(16)23)9-5-3-4-6-10-22/h7-8,11,22,24H,2-6,9-10H2,1H3/b16-11-. The van der Waals surface area contributed by atoms with E-state index in [1.165, 1.54) is 4.57 Å². The first kappa shape index (κ1) is 19.0. The van der Waals surface area contributed by atoms with Crippen LogP contribution in [0, 0.1) is 18.3 Å². The van der Waals surface area contributed by atoms with Crippen LogP contribution in [0.1, 0.15) is 41.0 Å². The van der Waals surface area contributed by atoms with E-state index in [9.17, 15) is 15.2 Å². The van der Waals surface area contributed by atoms with E-state index in [0.717, 1.165) is 29.0 Å². The monoisotopic (exact) mass is 358 g/mol. The minimum absolute atomic E-state index is 0.0366. The molecule has 2 N–H and O–H groups in total. The summed E-state index contributed by atoms with van der Waals surface area (Å²) in [6.07, 6.45) is 4.83. The number of aliphatic hydroxyl groups excluding tert-OH is 1. The molecule has 0 atom stereocenters. The predicted molar refractivity (Wildman–Crippen MR) is 100 cm³/mol. The van der Waals surface area contributed by atoms with Crippen molar-refractivity contribution >= 4 is 24.0 Å². The molecule has 0 fully saturated rings. The molecule has 2 aromatic rings. The van der Waals surface area contributed by atoms with Crippen LogP contribution in [0.4, 0.5) is 0 Å². The fourth-order valence-corrected chi connectivity index (χ4v) is 3.48. The van der Waals surface area contributed by atoms with Gasteiger partial charge in [0, 0.05) is 33.3 Å². The normalized spacial score (nSPS) is 11.6. The molecule has 0 bridgehead atoms. The molecule has 0 spiro atoms. The summed E-state index contributed by atoms with van der Waals surface area (Å²) in [7, 11) is 0. The number of unbranched alkanes of at least 4 members (excludes halogenated alkanes) is 3. The highest BCUT2D eigenvalue weighted by atomic mass is 32.1. The van der Waals surface area contributed by atoms with Gasteiger partial charge in [0.1, 0.15) is 11.6 Å². The Morgan fingerprint density at radius 2 is 2.04 bits per heavy atom. The Hall–Kier alpha value is -2.36. The first-order valence-electron chi connectivity index (χ1n) is 8.23. The van der Waals surface area contributed by atoms with Gasteiger partial charge in [0.2, 0.25) is 5.88 Å². The molecular formula is C19H22N2O3S. The third kappa shape index (κ3) is 4.38. The zero-order valence-corrected chi connectivity index (χ0v) is 15.1. The summed E-state index contributed by atoms with van der Waals surface area (Å²) >= 11 is 1.55. The third-order valence-electron chi connectivity index (χ3n) is 4.03. The lowest BCUT2D eigenvalue weighted by atomic mass is 10.1. The average molecular weight is 358 g/mol. The summed E-state index contributed by atoms with van der Waals surface area (Å²) < 4.78 is 1.25. The van der Waals surface area contributed by atoms with Crippen LogP contribution in [0.2, 0.25) is 0 Å². The van der Waals surface area contributed by atoms with Crippen molar-refractivity contribution < 1.29 is 10.2 Å². The Morgan fingerprint density at radius 3 is 2.64 bits per heavy atom. The Kier molecular flexibility index (Phi) is 6.57. The molecule has 0 aromatic carbocycles. The topological polar surface area (TPSA) is 86.2 Å². The first-order chi connectivity index (χ1) is 12.0. The van der Waals surface area contributed by atoms with Crippen molar-refractivity contribution in [2.24, 2.45) is 0 Å². The number of hydrogen-bond acceptors (Lipinski definition) is 5. The minimum atomic E-state index is -0.338. The number of thiophene rings is 1. The molecule has 0 aliphatic heterocycles. The SMILES string of the molecule is C=c1c(C#N)c(O)n(CCCCCCO)c(=O)/c1=C\c1ccc(C)s1. The van der Waals surface area contributed by atoms with Crippen molar-refractivity contribution in [2.45, 2.75) is 39.2 Å². The highest BCUT2D eigenvalue weighted by Crippen LogP contribution is 2.15. The number of aryl methyl sites for hydroxylation is 1. The summed E-state index contributed by atoms with van der Waals surface area (Å²) in [5, 5.41) is 29.0. The highest BCUT2D eigenvalue weighted by molar-refractivity contribution is 7.12. The summed E-state index contributed by atoms with van der Waals surface area (Å²) in [5.74, 6) is -0.320. The second kappa shape index (κ2) is 8.65. The molecule has 2 aromatic heterocycles. The van der Waals surface area contributed by atoms with E-state index in [2.05, 4.69) is 6.58 Å². The van der Waals surface area contributed by atoms with Gasteiger partial charge >= 0.3 is 0 Å². The zero-order chi connectivity index (χ0) is 18.4. The van der Waals surface area contributed by atoms with Gasteiger partial charge in [0.25, 0.3) is 5.56 Å². The molecule has 6 heteroatoms. The Morgan fingerprint density at radius 1 is 1.32 bits per heavy atom. The second-order valence-electron chi connectivity index (χ2n) is 5.89. The summed E-state index contributed by atoms with van der Waals surface area (Å²) in [6, 6.07) is 5.83. The average Bonchev–Trinajstić information content (AvgIpc) is 3.00. The maximum atomic E-state index is 12.8. The van der Waals surface area contributed by atoms with Crippen LogP contribution in [-0.4, -0.2) is 21.4 Å². The Bertz CT molecular complexity index is 951. The third-order valence-corrected chi connectivity index (χ3v) is 4.98. The van der Waals surface area contributed by atoms with Crippen LogP contribution in [0.15, 0.2) is 16.9 Å². The number of aliphatic hydroxyl groups is 1. The van der Waals surface area contributed by atoms with Crippen molar-refractivity contribution in [1.82, 2.24) is 4.57 Å². The molecular weight excluding hydrogens is 336 g/mol.